The first kappa shape index (κ1) is 9.93. The van der Waals surface area contributed by atoms with Gasteiger partial charge in [0, 0.05) is 0 Å². The number of rotatable bonds is 3. The third kappa shape index (κ3) is 3.07. The van der Waals surface area contributed by atoms with Gasteiger partial charge in [-0.3, -0.25) is 0 Å². The van der Waals surface area contributed by atoms with Gasteiger partial charge in [-0.25, -0.2) is 4.39 Å². The zero-order chi connectivity index (χ0) is 8.97. The zero-order valence-electron chi connectivity index (χ0n) is 7.50. The van der Waals surface area contributed by atoms with Crippen molar-refractivity contribution in [3.8, 4) is 0 Å². The predicted molar refractivity (Wildman–Crippen MR) is 44.8 cm³/mol. The van der Waals surface area contributed by atoms with Gasteiger partial charge >= 0.3 is 0 Å². The summed E-state index contributed by atoms with van der Waals surface area (Å²) < 4.78 is 18.3. The second kappa shape index (κ2) is 4.77. The normalized spacial score (nSPS) is 33.2. The summed E-state index contributed by atoms with van der Waals surface area (Å²) >= 11 is 0. The van der Waals surface area contributed by atoms with Crippen molar-refractivity contribution in [2.24, 2.45) is 0 Å². The van der Waals surface area contributed by atoms with Gasteiger partial charge < -0.3 is 9.84 Å². The van der Waals surface area contributed by atoms with Gasteiger partial charge in [-0.1, -0.05) is 12.8 Å². The van der Waals surface area contributed by atoms with E-state index in [4.69, 9.17) is 9.84 Å². The van der Waals surface area contributed by atoms with Crippen LogP contribution in [0.15, 0.2) is 0 Å². The van der Waals surface area contributed by atoms with Gasteiger partial charge in [-0.05, 0) is 19.8 Å². The van der Waals surface area contributed by atoms with Crippen LogP contribution >= 0.6 is 0 Å². The number of halogens is 1. The SMILES string of the molecule is CC(O)CO[C@@H]1CCCC[C@@H]1F. The fourth-order valence-electron chi connectivity index (χ4n) is 1.50. The van der Waals surface area contributed by atoms with Crippen LogP contribution in [-0.2, 0) is 4.74 Å². The number of aliphatic hydroxyl groups excluding tert-OH is 1. The molecule has 0 saturated heterocycles. The highest BCUT2D eigenvalue weighted by Gasteiger charge is 2.25. The second-order valence-corrected chi connectivity index (χ2v) is 3.52. The van der Waals surface area contributed by atoms with Crippen LogP contribution in [0, 0.1) is 0 Å². The molecule has 0 amide bonds. The molecule has 1 N–H and O–H groups in total. The lowest BCUT2D eigenvalue weighted by molar-refractivity contribution is -0.0540. The molecule has 0 heterocycles. The molecule has 0 bridgehead atoms. The quantitative estimate of drug-likeness (QED) is 0.708. The second-order valence-electron chi connectivity index (χ2n) is 3.52. The first-order valence-corrected chi connectivity index (χ1v) is 4.64. The third-order valence-corrected chi connectivity index (χ3v) is 2.17. The molecular weight excluding hydrogens is 159 g/mol. The van der Waals surface area contributed by atoms with Crippen LogP contribution in [0.25, 0.3) is 0 Å². The molecule has 0 aromatic heterocycles. The molecule has 1 unspecified atom stereocenters. The summed E-state index contributed by atoms with van der Waals surface area (Å²) in [5, 5.41) is 8.92. The Morgan fingerprint density at radius 2 is 2.17 bits per heavy atom. The standard InChI is InChI=1S/C9H17FO2/c1-7(11)6-12-9-5-3-2-4-8(9)10/h7-9,11H,2-6H2,1H3/t7?,8-,9+/m0/s1. The lowest BCUT2D eigenvalue weighted by atomic mass is 9.96. The van der Waals surface area contributed by atoms with Crippen molar-refractivity contribution in [2.75, 3.05) is 6.61 Å². The fourth-order valence-corrected chi connectivity index (χ4v) is 1.50. The number of ether oxygens (including phenoxy) is 1. The number of hydrogen-bond acceptors (Lipinski definition) is 2. The average Bonchev–Trinajstić information content (AvgIpc) is 2.03. The number of hydrogen-bond donors (Lipinski definition) is 1. The lowest BCUT2D eigenvalue weighted by Gasteiger charge is -2.26. The largest absolute Gasteiger partial charge is 0.391 e. The van der Waals surface area contributed by atoms with E-state index in [1.807, 2.05) is 0 Å². The first-order chi connectivity index (χ1) is 5.70. The van der Waals surface area contributed by atoms with Gasteiger partial charge in [-0.2, -0.15) is 0 Å². The highest BCUT2D eigenvalue weighted by atomic mass is 19.1. The Balaban J connectivity index is 2.20. The molecule has 1 aliphatic rings. The molecule has 0 aromatic carbocycles. The van der Waals surface area contributed by atoms with E-state index in [2.05, 4.69) is 0 Å². The van der Waals surface area contributed by atoms with Crippen molar-refractivity contribution in [1.82, 2.24) is 0 Å². The van der Waals surface area contributed by atoms with E-state index in [1.165, 1.54) is 0 Å². The molecule has 0 radical (unpaired) electrons. The van der Waals surface area contributed by atoms with Gasteiger partial charge in [0.1, 0.15) is 6.17 Å². The van der Waals surface area contributed by atoms with Gasteiger partial charge in [-0.15, -0.1) is 0 Å². The maximum Gasteiger partial charge on any atom is 0.126 e. The Morgan fingerprint density at radius 3 is 2.75 bits per heavy atom. The molecule has 72 valence electrons. The fraction of sp³-hybridized carbons (Fsp3) is 1.00. The molecule has 0 spiro atoms. The smallest absolute Gasteiger partial charge is 0.126 e. The van der Waals surface area contributed by atoms with Crippen molar-refractivity contribution in [2.45, 2.75) is 51.0 Å². The van der Waals surface area contributed by atoms with Crippen molar-refractivity contribution >= 4 is 0 Å². The summed E-state index contributed by atoms with van der Waals surface area (Å²) in [5.41, 5.74) is 0. The van der Waals surface area contributed by atoms with Crippen LogP contribution < -0.4 is 0 Å². The van der Waals surface area contributed by atoms with Crippen LogP contribution in [-0.4, -0.2) is 30.1 Å². The average molecular weight is 176 g/mol. The molecule has 1 fully saturated rings. The summed E-state index contributed by atoms with van der Waals surface area (Å²) in [6.07, 6.45) is 1.85. The van der Waals surface area contributed by atoms with Crippen molar-refractivity contribution < 1.29 is 14.2 Å². The summed E-state index contributed by atoms with van der Waals surface area (Å²) in [7, 11) is 0. The Labute approximate surface area is 72.7 Å². The van der Waals surface area contributed by atoms with E-state index in [0.717, 1.165) is 19.3 Å². The Morgan fingerprint density at radius 1 is 1.50 bits per heavy atom. The van der Waals surface area contributed by atoms with Crippen LogP contribution in [0.5, 0.6) is 0 Å². The maximum atomic E-state index is 13.1. The third-order valence-electron chi connectivity index (χ3n) is 2.17. The molecule has 1 saturated carbocycles. The van der Waals surface area contributed by atoms with Crippen LogP contribution in [0.3, 0.4) is 0 Å². The summed E-state index contributed by atoms with van der Waals surface area (Å²) in [6.45, 7) is 1.90. The van der Waals surface area contributed by atoms with E-state index in [1.54, 1.807) is 6.92 Å². The van der Waals surface area contributed by atoms with Gasteiger partial charge in [0.05, 0.1) is 18.8 Å². The number of aliphatic hydroxyl groups is 1. The molecule has 3 heteroatoms. The Bertz CT molecular complexity index is 128. The summed E-state index contributed by atoms with van der Waals surface area (Å²) in [4.78, 5) is 0. The predicted octanol–water partition coefficient (Wildman–Crippen LogP) is 1.66. The van der Waals surface area contributed by atoms with Crippen molar-refractivity contribution in [3.63, 3.8) is 0 Å². The van der Waals surface area contributed by atoms with Crippen LogP contribution in [0.1, 0.15) is 32.6 Å². The van der Waals surface area contributed by atoms with E-state index >= 15 is 0 Å². The maximum absolute atomic E-state index is 13.1. The molecule has 2 nitrogen and oxygen atoms in total. The minimum Gasteiger partial charge on any atom is -0.391 e. The van der Waals surface area contributed by atoms with Gasteiger partial charge in [0.15, 0.2) is 0 Å². The minimum atomic E-state index is -0.822. The molecule has 1 aliphatic carbocycles. The summed E-state index contributed by atoms with van der Waals surface area (Å²) in [5.74, 6) is 0. The molecular formula is C9H17FO2. The van der Waals surface area contributed by atoms with Crippen molar-refractivity contribution in [3.05, 3.63) is 0 Å². The molecule has 1 rings (SSSR count). The molecule has 0 aliphatic heterocycles. The van der Waals surface area contributed by atoms with Crippen LogP contribution in [0.4, 0.5) is 4.39 Å². The molecule has 0 aromatic rings. The topological polar surface area (TPSA) is 29.5 Å². The van der Waals surface area contributed by atoms with Crippen molar-refractivity contribution in [1.29, 1.82) is 0 Å². The zero-order valence-corrected chi connectivity index (χ0v) is 7.50. The summed E-state index contributed by atoms with van der Waals surface area (Å²) in [6, 6.07) is 0. The van der Waals surface area contributed by atoms with E-state index in [0.29, 0.717) is 6.42 Å². The Kier molecular flexibility index (Phi) is 3.95. The molecule has 3 atom stereocenters. The monoisotopic (exact) mass is 176 g/mol. The highest BCUT2D eigenvalue weighted by Crippen LogP contribution is 2.23. The Hall–Kier alpha value is -0.150. The van der Waals surface area contributed by atoms with Gasteiger partial charge in [0.2, 0.25) is 0 Å². The van der Waals surface area contributed by atoms with Gasteiger partial charge in [0.25, 0.3) is 0 Å². The lowest BCUT2D eigenvalue weighted by Crippen LogP contribution is -2.31. The highest BCUT2D eigenvalue weighted by molar-refractivity contribution is 4.75. The van der Waals surface area contributed by atoms with E-state index in [9.17, 15) is 4.39 Å². The number of alkyl halides is 1. The van der Waals surface area contributed by atoms with Crippen LogP contribution in [0.2, 0.25) is 0 Å². The van der Waals surface area contributed by atoms with E-state index in [-0.39, 0.29) is 12.7 Å². The van der Waals surface area contributed by atoms with E-state index < -0.39 is 12.3 Å². The minimum absolute atomic E-state index is 0.255. The molecule has 12 heavy (non-hydrogen) atoms. The first-order valence-electron chi connectivity index (χ1n) is 4.64.